The normalized spacial score (nSPS) is 11.4. The Morgan fingerprint density at radius 2 is 1.88 bits per heavy atom. The van der Waals surface area contributed by atoms with Gasteiger partial charge in [-0.25, -0.2) is 5.43 Å². The van der Waals surface area contributed by atoms with Crippen molar-refractivity contribution in [2.75, 3.05) is 0 Å². The third kappa shape index (κ3) is 3.06. The summed E-state index contributed by atoms with van der Waals surface area (Å²) in [7, 11) is 0. The van der Waals surface area contributed by atoms with Gasteiger partial charge in [-0.3, -0.25) is 4.79 Å². The van der Waals surface area contributed by atoms with Crippen LogP contribution >= 0.6 is 15.9 Å². The van der Waals surface area contributed by atoms with Gasteiger partial charge in [-0.15, -0.1) is 0 Å². The zero-order chi connectivity index (χ0) is 17.2. The highest BCUT2D eigenvalue weighted by Gasteiger charge is 2.08. The van der Waals surface area contributed by atoms with Crippen LogP contribution in [0.1, 0.15) is 15.9 Å². The molecule has 0 saturated carbocycles. The number of hydrazone groups is 1. The fraction of sp³-hybridized carbons (Fsp3) is 0. The summed E-state index contributed by atoms with van der Waals surface area (Å²) in [5.41, 5.74) is 5.15. The fourth-order valence-corrected chi connectivity index (χ4v) is 3.23. The lowest BCUT2D eigenvalue weighted by Gasteiger charge is -2.04. The van der Waals surface area contributed by atoms with E-state index in [2.05, 4.69) is 31.4 Å². The number of carbonyl (C=O) groups excluding carboxylic acids is 1. The summed E-state index contributed by atoms with van der Waals surface area (Å²) in [5, 5.41) is 7.10. The van der Waals surface area contributed by atoms with Crippen molar-refractivity contribution in [2.24, 2.45) is 5.10 Å². The molecule has 0 radical (unpaired) electrons. The first-order valence-corrected chi connectivity index (χ1v) is 8.59. The molecule has 5 heteroatoms. The Balaban J connectivity index is 1.58. The van der Waals surface area contributed by atoms with E-state index in [1.54, 1.807) is 12.3 Å². The van der Waals surface area contributed by atoms with Gasteiger partial charge in [0, 0.05) is 32.7 Å². The van der Waals surface area contributed by atoms with Crippen LogP contribution in [0.4, 0.5) is 0 Å². The van der Waals surface area contributed by atoms with Crippen LogP contribution in [0.5, 0.6) is 0 Å². The molecule has 2 N–H and O–H groups in total. The SMILES string of the molecule is O=C(NN=Cc1c[nH]c2ccc(Br)cc12)c1cccc2ccccc12. The zero-order valence-electron chi connectivity index (χ0n) is 13.2. The molecule has 1 amide bonds. The molecule has 0 aliphatic rings. The molecule has 0 aliphatic carbocycles. The number of fused-ring (bicyclic) bond motifs is 2. The number of nitrogens with one attached hydrogen (secondary N) is 2. The van der Waals surface area contributed by atoms with Crippen molar-refractivity contribution < 1.29 is 4.79 Å². The first-order chi connectivity index (χ1) is 12.2. The van der Waals surface area contributed by atoms with Gasteiger partial charge in [-0.2, -0.15) is 5.10 Å². The molecular weight excluding hydrogens is 378 g/mol. The Hall–Kier alpha value is -2.92. The van der Waals surface area contributed by atoms with Crippen LogP contribution in [0.25, 0.3) is 21.7 Å². The van der Waals surface area contributed by atoms with Crippen LogP contribution in [0, 0.1) is 0 Å². The lowest BCUT2D eigenvalue weighted by molar-refractivity contribution is 0.0957. The molecule has 25 heavy (non-hydrogen) atoms. The summed E-state index contributed by atoms with van der Waals surface area (Å²) < 4.78 is 0.994. The lowest BCUT2D eigenvalue weighted by atomic mass is 10.0. The molecule has 0 bridgehead atoms. The van der Waals surface area contributed by atoms with Crippen LogP contribution in [-0.4, -0.2) is 17.1 Å². The van der Waals surface area contributed by atoms with Gasteiger partial charge >= 0.3 is 0 Å². The molecule has 1 aromatic heterocycles. The first kappa shape index (κ1) is 15.6. The van der Waals surface area contributed by atoms with E-state index in [4.69, 9.17) is 0 Å². The number of aromatic amines is 1. The van der Waals surface area contributed by atoms with Crippen molar-refractivity contribution in [3.05, 3.63) is 82.5 Å². The minimum Gasteiger partial charge on any atom is -0.361 e. The third-order valence-corrected chi connectivity index (χ3v) is 4.57. The topological polar surface area (TPSA) is 57.2 Å². The van der Waals surface area contributed by atoms with Crippen molar-refractivity contribution in [1.82, 2.24) is 10.4 Å². The smallest absolute Gasteiger partial charge is 0.271 e. The number of halogens is 1. The van der Waals surface area contributed by atoms with E-state index in [1.165, 1.54) is 0 Å². The average molecular weight is 392 g/mol. The number of rotatable bonds is 3. The molecule has 4 rings (SSSR count). The van der Waals surface area contributed by atoms with E-state index in [9.17, 15) is 4.79 Å². The van der Waals surface area contributed by atoms with E-state index >= 15 is 0 Å². The summed E-state index contributed by atoms with van der Waals surface area (Å²) >= 11 is 3.47. The van der Waals surface area contributed by atoms with Crippen LogP contribution < -0.4 is 5.43 Å². The maximum Gasteiger partial charge on any atom is 0.271 e. The summed E-state index contributed by atoms with van der Waals surface area (Å²) in [6.45, 7) is 0. The third-order valence-electron chi connectivity index (χ3n) is 4.08. The number of hydrogen-bond donors (Lipinski definition) is 2. The van der Waals surface area contributed by atoms with Gasteiger partial charge in [-0.05, 0) is 35.0 Å². The van der Waals surface area contributed by atoms with Gasteiger partial charge in [0.15, 0.2) is 0 Å². The number of H-pyrrole nitrogens is 1. The van der Waals surface area contributed by atoms with Crippen molar-refractivity contribution >= 4 is 49.7 Å². The van der Waals surface area contributed by atoms with E-state index < -0.39 is 0 Å². The Morgan fingerprint density at radius 1 is 1.04 bits per heavy atom. The number of amides is 1. The Morgan fingerprint density at radius 3 is 2.80 bits per heavy atom. The number of nitrogens with zero attached hydrogens (tertiary/aromatic N) is 1. The van der Waals surface area contributed by atoms with Crippen molar-refractivity contribution in [1.29, 1.82) is 0 Å². The number of benzene rings is 3. The van der Waals surface area contributed by atoms with Gasteiger partial charge in [0.1, 0.15) is 0 Å². The number of carbonyl (C=O) groups is 1. The van der Waals surface area contributed by atoms with Crippen LogP contribution in [0.15, 0.2) is 76.4 Å². The van der Waals surface area contributed by atoms with Gasteiger partial charge < -0.3 is 4.98 Å². The molecule has 0 atom stereocenters. The quantitative estimate of drug-likeness (QED) is 0.380. The minimum absolute atomic E-state index is 0.228. The molecule has 4 aromatic rings. The van der Waals surface area contributed by atoms with Crippen LogP contribution in [0.3, 0.4) is 0 Å². The number of hydrogen-bond acceptors (Lipinski definition) is 2. The summed E-state index contributed by atoms with van der Waals surface area (Å²) in [6.07, 6.45) is 3.51. The Labute approximate surface area is 152 Å². The first-order valence-electron chi connectivity index (χ1n) is 7.80. The average Bonchev–Trinajstić information content (AvgIpc) is 3.03. The summed E-state index contributed by atoms with van der Waals surface area (Å²) in [5.74, 6) is -0.228. The molecule has 3 aromatic carbocycles. The highest BCUT2D eigenvalue weighted by Crippen LogP contribution is 2.22. The van der Waals surface area contributed by atoms with E-state index in [-0.39, 0.29) is 5.91 Å². The molecule has 0 spiro atoms. The number of aromatic nitrogens is 1. The molecule has 4 nitrogen and oxygen atoms in total. The predicted octanol–water partition coefficient (Wildman–Crippen LogP) is 4.85. The van der Waals surface area contributed by atoms with E-state index in [1.807, 2.05) is 60.8 Å². The molecule has 1 heterocycles. The van der Waals surface area contributed by atoms with Gasteiger partial charge in [0.05, 0.1) is 6.21 Å². The van der Waals surface area contributed by atoms with Gasteiger partial charge in [0.2, 0.25) is 0 Å². The summed E-state index contributed by atoms with van der Waals surface area (Å²) in [4.78, 5) is 15.6. The minimum atomic E-state index is -0.228. The predicted molar refractivity (Wildman–Crippen MR) is 105 cm³/mol. The highest BCUT2D eigenvalue weighted by atomic mass is 79.9. The van der Waals surface area contributed by atoms with E-state index in [0.29, 0.717) is 5.56 Å². The molecule has 0 aliphatic heterocycles. The Kier molecular flexibility index (Phi) is 4.07. The van der Waals surface area contributed by atoms with Crippen molar-refractivity contribution in [3.63, 3.8) is 0 Å². The molecule has 122 valence electrons. The standard InChI is InChI=1S/C20H14BrN3O/c21-15-8-9-19-18(10-15)14(11-22-19)12-23-24-20(25)17-7-3-5-13-4-1-2-6-16(13)17/h1-12,22H,(H,24,25). The van der Waals surface area contributed by atoms with Crippen molar-refractivity contribution in [2.45, 2.75) is 0 Å². The lowest BCUT2D eigenvalue weighted by Crippen LogP contribution is -2.17. The van der Waals surface area contributed by atoms with Crippen LogP contribution in [-0.2, 0) is 0 Å². The summed E-state index contributed by atoms with van der Waals surface area (Å²) in [6, 6.07) is 19.4. The monoisotopic (exact) mass is 391 g/mol. The maximum atomic E-state index is 12.5. The van der Waals surface area contributed by atoms with E-state index in [0.717, 1.165) is 31.7 Å². The largest absolute Gasteiger partial charge is 0.361 e. The zero-order valence-corrected chi connectivity index (χ0v) is 14.7. The molecule has 0 fully saturated rings. The van der Waals surface area contributed by atoms with Gasteiger partial charge in [0.25, 0.3) is 5.91 Å². The molecular formula is C20H14BrN3O. The highest BCUT2D eigenvalue weighted by molar-refractivity contribution is 9.10. The molecule has 0 saturated heterocycles. The second kappa shape index (κ2) is 6.53. The van der Waals surface area contributed by atoms with Gasteiger partial charge in [-0.1, -0.05) is 52.3 Å². The van der Waals surface area contributed by atoms with Crippen LogP contribution in [0.2, 0.25) is 0 Å². The second-order valence-corrected chi connectivity index (χ2v) is 6.58. The second-order valence-electron chi connectivity index (χ2n) is 5.66. The molecule has 0 unspecified atom stereocenters. The fourth-order valence-electron chi connectivity index (χ4n) is 2.87. The van der Waals surface area contributed by atoms with Crippen molar-refractivity contribution in [3.8, 4) is 0 Å². The maximum absolute atomic E-state index is 12.5. The Bertz CT molecular complexity index is 1110.